The zero-order valence-corrected chi connectivity index (χ0v) is 12.1. The third-order valence-corrected chi connectivity index (χ3v) is 3.03. The normalized spacial score (nSPS) is 10.2. The van der Waals surface area contributed by atoms with Crippen LogP contribution in [0.15, 0.2) is 30.5 Å². The number of amides is 1. The van der Waals surface area contributed by atoms with E-state index in [9.17, 15) is 24.6 Å². The van der Waals surface area contributed by atoms with Crippen LogP contribution >= 0.6 is 0 Å². The highest BCUT2D eigenvalue weighted by atomic mass is 16.4. The van der Waals surface area contributed by atoms with Crippen LogP contribution in [0, 0.1) is 0 Å². The van der Waals surface area contributed by atoms with Crippen molar-refractivity contribution in [3.05, 3.63) is 47.2 Å². The van der Waals surface area contributed by atoms with E-state index >= 15 is 0 Å². The summed E-state index contributed by atoms with van der Waals surface area (Å²) in [5, 5.41) is 39.6. The van der Waals surface area contributed by atoms with E-state index in [1.807, 2.05) is 0 Å². The van der Waals surface area contributed by atoms with Crippen LogP contribution in [0.3, 0.4) is 0 Å². The monoisotopic (exact) mass is 332 g/mol. The van der Waals surface area contributed by atoms with E-state index in [1.165, 1.54) is 18.3 Å². The number of carboxylic acids is 2. The molecule has 24 heavy (non-hydrogen) atoms. The molecule has 0 aliphatic rings. The summed E-state index contributed by atoms with van der Waals surface area (Å²) in [4.78, 5) is 37.8. The molecule has 0 radical (unpaired) electrons. The van der Waals surface area contributed by atoms with Crippen molar-refractivity contribution in [3.63, 3.8) is 0 Å². The minimum Gasteiger partial charge on any atom is -0.508 e. The van der Waals surface area contributed by atoms with Crippen molar-refractivity contribution in [2.24, 2.45) is 0 Å². The van der Waals surface area contributed by atoms with Gasteiger partial charge >= 0.3 is 11.9 Å². The lowest BCUT2D eigenvalue weighted by atomic mass is 10.0. The van der Waals surface area contributed by atoms with E-state index in [0.717, 1.165) is 12.1 Å². The smallest absolute Gasteiger partial charge is 0.339 e. The summed E-state index contributed by atoms with van der Waals surface area (Å²) in [5.41, 5.74) is -0.836. The zero-order valence-electron chi connectivity index (χ0n) is 12.1. The third-order valence-electron chi connectivity index (χ3n) is 3.03. The summed E-state index contributed by atoms with van der Waals surface area (Å²) in [7, 11) is 0. The number of phenolic OH excluding ortho intramolecular Hbond substituents is 2. The molecule has 1 heterocycles. The molecule has 0 saturated carbocycles. The van der Waals surface area contributed by atoms with Gasteiger partial charge < -0.3 is 25.7 Å². The molecule has 0 atom stereocenters. The number of aromatic hydroxyl groups is 2. The largest absolute Gasteiger partial charge is 0.508 e. The molecule has 9 nitrogen and oxygen atoms in total. The first-order valence-corrected chi connectivity index (χ1v) is 6.56. The van der Waals surface area contributed by atoms with Crippen LogP contribution in [-0.2, 0) is 11.2 Å². The Balaban J connectivity index is 2.39. The van der Waals surface area contributed by atoms with Gasteiger partial charge in [-0.05, 0) is 24.3 Å². The van der Waals surface area contributed by atoms with Gasteiger partial charge in [0.05, 0.1) is 12.0 Å². The lowest BCUT2D eigenvalue weighted by molar-refractivity contribution is -0.136. The minimum absolute atomic E-state index is 0.160. The number of carboxylic acid groups (broad SMARTS) is 2. The average Bonchev–Trinajstić information content (AvgIpc) is 2.50. The van der Waals surface area contributed by atoms with Crippen molar-refractivity contribution in [3.8, 4) is 11.5 Å². The van der Waals surface area contributed by atoms with Crippen molar-refractivity contribution in [1.29, 1.82) is 0 Å². The summed E-state index contributed by atoms with van der Waals surface area (Å²) in [6.07, 6.45) is 0.657. The van der Waals surface area contributed by atoms with Gasteiger partial charge in [0.2, 0.25) is 0 Å². The molecule has 0 spiro atoms. The van der Waals surface area contributed by atoms with Crippen molar-refractivity contribution >= 4 is 23.7 Å². The predicted octanol–water partition coefficient (Wildman–Crippen LogP) is 1.07. The highest BCUT2D eigenvalue weighted by molar-refractivity contribution is 6.08. The van der Waals surface area contributed by atoms with Crippen LogP contribution in [0.1, 0.15) is 26.3 Å². The topological polar surface area (TPSA) is 157 Å². The van der Waals surface area contributed by atoms with Crippen molar-refractivity contribution < 1.29 is 34.8 Å². The number of aromatic carboxylic acids is 1. The second-order valence-electron chi connectivity index (χ2n) is 4.73. The number of anilines is 1. The van der Waals surface area contributed by atoms with Crippen LogP contribution in [0.5, 0.6) is 11.5 Å². The molecular weight excluding hydrogens is 320 g/mol. The van der Waals surface area contributed by atoms with E-state index in [2.05, 4.69) is 10.3 Å². The van der Waals surface area contributed by atoms with Gasteiger partial charge in [-0.15, -0.1) is 0 Å². The SMILES string of the molecule is O=C(O)Cc1cc(O)cc(C(=O)Nc2ncccc2C(=O)O)c1O. The number of aliphatic carboxylic acids is 1. The summed E-state index contributed by atoms with van der Waals surface area (Å²) < 4.78 is 0. The molecule has 2 aromatic rings. The van der Waals surface area contributed by atoms with Crippen LogP contribution < -0.4 is 5.32 Å². The van der Waals surface area contributed by atoms with Crippen LogP contribution in [0.4, 0.5) is 5.82 Å². The van der Waals surface area contributed by atoms with Gasteiger partial charge in [-0.2, -0.15) is 0 Å². The first kappa shape index (κ1) is 16.7. The molecule has 0 aliphatic heterocycles. The Labute approximate surface area is 134 Å². The number of carbonyl (C=O) groups excluding carboxylic acids is 1. The molecule has 9 heteroatoms. The minimum atomic E-state index is -1.31. The molecule has 0 bridgehead atoms. The zero-order chi connectivity index (χ0) is 17.9. The second kappa shape index (κ2) is 6.65. The van der Waals surface area contributed by atoms with Gasteiger partial charge in [-0.25, -0.2) is 9.78 Å². The van der Waals surface area contributed by atoms with Crippen molar-refractivity contribution in [2.45, 2.75) is 6.42 Å². The first-order chi connectivity index (χ1) is 11.3. The molecule has 2 rings (SSSR count). The Kier molecular flexibility index (Phi) is 4.64. The molecule has 1 amide bonds. The quantitative estimate of drug-likeness (QED) is 0.509. The summed E-state index contributed by atoms with van der Waals surface area (Å²) in [5.74, 6) is -4.83. The van der Waals surface area contributed by atoms with Gasteiger partial charge in [0.25, 0.3) is 5.91 Å². The number of hydrogen-bond donors (Lipinski definition) is 5. The first-order valence-electron chi connectivity index (χ1n) is 6.56. The Morgan fingerprint density at radius 3 is 2.42 bits per heavy atom. The molecule has 0 fully saturated rings. The van der Waals surface area contributed by atoms with Crippen LogP contribution in [0.2, 0.25) is 0 Å². The third kappa shape index (κ3) is 3.58. The van der Waals surface area contributed by atoms with Crippen LogP contribution in [-0.4, -0.2) is 43.3 Å². The number of pyridine rings is 1. The van der Waals surface area contributed by atoms with Crippen molar-refractivity contribution in [1.82, 2.24) is 4.98 Å². The highest BCUT2D eigenvalue weighted by Gasteiger charge is 2.20. The molecule has 0 saturated heterocycles. The Morgan fingerprint density at radius 2 is 1.79 bits per heavy atom. The van der Waals surface area contributed by atoms with E-state index in [4.69, 9.17) is 10.2 Å². The van der Waals surface area contributed by atoms with E-state index < -0.39 is 41.3 Å². The maximum absolute atomic E-state index is 12.2. The van der Waals surface area contributed by atoms with Gasteiger partial charge in [-0.1, -0.05) is 0 Å². The average molecular weight is 332 g/mol. The Morgan fingerprint density at radius 1 is 1.08 bits per heavy atom. The summed E-state index contributed by atoms with van der Waals surface area (Å²) in [6, 6.07) is 4.54. The second-order valence-corrected chi connectivity index (χ2v) is 4.73. The number of aromatic nitrogens is 1. The fraction of sp³-hybridized carbons (Fsp3) is 0.0667. The number of nitrogens with zero attached hydrogens (tertiary/aromatic N) is 1. The maximum Gasteiger partial charge on any atom is 0.339 e. The fourth-order valence-corrected chi connectivity index (χ4v) is 2.00. The fourth-order valence-electron chi connectivity index (χ4n) is 2.00. The molecule has 1 aromatic heterocycles. The molecular formula is C15H12N2O7. The number of rotatable bonds is 5. The Hall–Kier alpha value is -3.62. The number of nitrogens with one attached hydrogen (secondary N) is 1. The van der Waals surface area contributed by atoms with Gasteiger partial charge in [0.15, 0.2) is 0 Å². The number of benzene rings is 1. The predicted molar refractivity (Wildman–Crippen MR) is 80.3 cm³/mol. The molecule has 1 aromatic carbocycles. The van der Waals surface area contributed by atoms with Gasteiger partial charge in [-0.3, -0.25) is 9.59 Å². The number of phenols is 2. The summed E-state index contributed by atoms with van der Waals surface area (Å²) in [6.45, 7) is 0. The van der Waals surface area contributed by atoms with E-state index in [0.29, 0.717) is 0 Å². The highest BCUT2D eigenvalue weighted by Crippen LogP contribution is 2.29. The number of hydrogen-bond acceptors (Lipinski definition) is 6. The molecule has 5 N–H and O–H groups in total. The summed E-state index contributed by atoms with van der Waals surface area (Å²) >= 11 is 0. The standard InChI is InChI=1S/C15H12N2O7/c18-8-4-7(5-11(19)20)12(21)10(6-8)14(22)17-13-9(15(23)24)2-1-3-16-13/h1-4,6,18,21H,5H2,(H,19,20)(H,23,24)(H,16,17,22). The molecule has 0 aliphatic carbocycles. The van der Waals surface area contributed by atoms with Crippen LogP contribution in [0.25, 0.3) is 0 Å². The molecule has 0 unspecified atom stereocenters. The van der Waals surface area contributed by atoms with E-state index in [-0.39, 0.29) is 16.9 Å². The Bertz CT molecular complexity index is 833. The van der Waals surface area contributed by atoms with E-state index in [1.54, 1.807) is 0 Å². The van der Waals surface area contributed by atoms with Gasteiger partial charge in [0.1, 0.15) is 22.9 Å². The lowest BCUT2D eigenvalue weighted by Gasteiger charge is -2.11. The molecule has 124 valence electrons. The van der Waals surface area contributed by atoms with Crippen molar-refractivity contribution in [2.75, 3.05) is 5.32 Å². The maximum atomic E-state index is 12.2. The lowest BCUT2D eigenvalue weighted by Crippen LogP contribution is -2.17. The number of carbonyl (C=O) groups is 3. The van der Waals surface area contributed by atoms with Gasteiger partial charge in [0, 0.05) is 11.8 Å².